The molecule has 1 aliphatic rings. The highest BCUT2D eigenvalue weighted by atomic mass is 32.2. The van der Waals surface area contributed by atoms with Crippen LogP contribution in [0.3, 0.4) is 0 Å². The van der Waals surface area contributed by atoms with Crippen molar-refractivity contribution in [2.45, 2.75) is 11.3 Å². The SMILES string of the molecule is CS(=O)(=O)c1cccc(C(=O)N2CCCN(C(=O)c3ccccc3F)CC2)c1. The van der Waals surface area contributed by atoms with Crippen molar-refractivity contribution in [1.29, 1.82) is 0 Å². The van der Waals surface area contributed by atoms with Crippen molar-refractivity contribution in [3.8, 4) is 0 Å². The summed E-state index contributed by atoms with van der Waals surface area (Å²) in [6, 6.07) is 11.8. The third kappa shape index (κ3) is 4.39. The molecular formula is C20H21FN2O4S. The van der Waals surface area contributed by atoms with Crippen LogP contribution >= 0.6 is 0 Å². The van der Waals surface area contributed by atoms with Crippen molar-refractivity contribution in [3.05, 3.63) is 65.5 Å². The van der Waals surface area contributed by atoms with E-state index in [0.29, 0.717) is 26.1 Å². The second kappa shape index (κ2) is 8.10. The van der Waals surface area contributed by atoms with Crippen molar-refractivity contribution >= 4 is 21.7 Å². The van der Waals surface area contributed by atoms with E-state index >= 15 is 0 Å². The molecule has 1 aliphatic heterocycles. The van der Waals surface area contributed by atoms with Crippen LogP contribution in [-0.4, -0.2) is 62.5 Å². The predicted octanol–water partition coefficient (Wildman–Crippen LogP) is 2.22. The normalized spacial score (nSPS) is 15.2. The lowest BCUT2D eigenvalue weighted by atomic mass is 10.2. The molecule has 1 fully saturated rings. The van der Waals surface area contributed by atoms with E-state index in [4.69, 9.17) is 0 Å². The second-order valence-electron chi connectivity index (χ2n) is 6.72. The summed E-state index contributed by atoms with van der Waals surface area (Å²) in [6.45, 7) is 1.43. The molecule has 0 saturated carbocycles. The first-order valence-electron chi connectivity index (χ1n) is 8.90. The number of hydrogen-bond acceptors (Lipinski definition) is 4. The fourth-order valence-electron chi connectivity index (χ4n) is 3.17. The molecule has 0 spiro atoms. The minimum atomic E-state index is -3.41. The summed E-state index contributed by atoms with van der Waals surface area (Å²) in [5.74, 6) is -1.25. The summed E-state index contributed by atoms with van der Waals surface area (Å²) in [6.07, 6.45) is 1.65. The van der Waals surface area contributed by atoms with Crippen molar-refractivity contribution in [3.63, 3.8) is 0 Å². The van der Waals surface area contributed by atoms with Gasteiger partial charge in [-0.15, -0.1) is 0 Å². The van der Waals surface area contributed by atoms with E-state index in [1.165, 1.54) is 36.4 Å². The molecule has 0 aliphatic carbocycles. The Morgan fingerprint density at radius 3 is 2.18 bits per heavy atom. The molecule has 8 heteroatoms. The van der Waals surface area contributed by atoms with Gasteiger partial charge in [0.05, 0.1) is 10.5 Å². The molecule has 1 saturated heterocycles. The van der Waals surface area contributed by atoms with Gasteiger partial charge in [0.15, 0.2) is 9.84 Å². The summed E-state index contributed by atoms with van der Waals surface area (Å²) >= 11 is 0. The second-order valence-corrected chi connectivity index (χ2v) is 8.73. The van der Waals surface area contributed by atoms with E-state index in [-0.39, 0.29) is 28.5 Å². The standard InChI is InChI=1S/C20H21FN2O4S/c1-28(26,27)16-7-4-6-15(14-16)19(24)22-10-5-11-23(13-12-22)20(25)17-8-2-3-9-18(17)21/h2-4,6-9,14H,5,10-13H2,1H3. The minimum absolute atomic E-state index is 0.0168. The zero-order valence-electron chi connectivity index (χ0n) is 15.5. The van der Waals surface area contributed by atoms with Gasteiger partial charge in [-0.25, -0.2) is 12.8 Å². The Labute approximate surface area is 163 Å². The van der Waals surface area contributed by atoms with E-state index in [1.807, 2.05) is 0 Å². The van der Waals surface area contributed by atoms with Crippen molar-refractivity contribution in [1.82, 2.24) is 9.80 Å². The maximum atomic E-state index is 13.9. The number of sulfone groups is 1. The number of rotatable bonds is 3. The van der Waals surface area contributed by atoms with Crippen LogP contribution < -0.4 is 0 Å². The quantitative estimate of drug-likeness (QED) is 0.786. The number of amides is 2. The van der Waals surface area contributed by atoms with Gasteiger partial charge < -0.3 is 9.80 Å². The lowest BCUT2D eigenvalue weighted by molar-refractivity contribution is 0.0716. The highest BCUT2D eigenvalue weighted by Crippen LogP contribution is 2.16. The van der Waals surface area contributed by atoms with Crippen molar-refractivity contribution in [2.75, 3.05) is 32.4 Å². The topological polar surface area (TPSA) is 74.8 Å². The largest absolute Gasteiger partial charge is 0.337 e. The summed E-state index contributed by atoms with van der Waals surface area (Å²) < 4.78 is 37.3. The third-order valence-corrected chi connectivity index (χ3v) is 5.79. The van der Waals surface area contributed by atoms with Crippen LogP contribution in [0.15, 0.2) is 53.4 Å². The van der Waals surface area contributed by atoms with Gasteiger partial charge in [-0.3, -0.25) is 9.59 Å². The molecule has 0 bridgehead atoms. The molecule has 3 rings (SSSR count). The first-order chi connectivity index (χ1) is 13.3. The van der Waals surface area contributed by atoms with Gasteiger partial charge in [-0.05, 0) is 36.8 Å². The van der Waals surface area contributed by atoms with E-state index in [0.717, 1.165) is 6.26 Å². The summed E-state index contributed by atoms with van der Waals surface area (Å²) in [5, 5.41) is 0. The monoisotopic (exact) mass is 404 g/mol. The molecule has 2 aromatic rings. The molecule has 28 heavy (non-hydrogen) atoms. The van der Waals surface area contributed by atoms with E-state index < -0.39 is 21.6 Å². The molecule has 0 atom stereocenters. The smallest absolute Gasteiger partial charge is 0.256 e. The number of carbonyl (C=O) groups is 2. The number of halogens is 1. The maximum Gasteiger partial charge on any atom is 0.256 e. The summed E-state index contributed by atoms with van der Waals surface area (Å²) in [5.41, 5.74) is 0.305. The van der Waals surface area contributed by atoms with Crippen molar-refractivity contribution in [2.24, 2.45) is 0 Å². The molecule has 1 heterocycles. The Balaban J connectivity index is 1.73. The Bertz CT molecular complexity index is 1010. The molecule has 0 unspecified atom stereocenters. The number of nitrogens with zero attached hydrogens (tertiary/aromatic N) is 2. The molecule has 0 aromatic heterocycles. The Kier molecular flexibility index (Phi) is 5.79. The highest BCUT2D eigenvalue weighted by molar-refractivity contribution is 7.90. The van der Waals surface area contributed by atoms with Crippen LogP contribution in [0, 0.1) is 5.82 Å². The summed E-state index contributed by atoms with van der Waals surface area (Å²) in [4.78, 5) is 28.6. The van der Waals surface area contributed by atoms with Crippen LogP contribution in [-0.2, 0) is 9.84 Å². The molecule has 2 aromatic carbocycles. The van der Waals surface area contributed by atoms with Gasteiger partial charge in [-0.2, -0.15) is 0 Å². The molecule has 6 nitrogen and oxygen atoms in total. The third-order valence-electron chi connectivity index (χ3n) is 4.68. The Morgan fingerprint density at radius 1 is 0.893 bits per heavy atom. The zero-order valence-corrected chi connectivity index (χ0v) is 16.3. The van der Waals surface area contributed by atoms with E-state index in [1.54, 1.807) is 21.9 Å². The van der Waals surface area contributed by atoms with Crippen LogP contribution in [0.5, 0.6) is 0 Å². The van der Waals surface area contributed by atoms with Gasteiger partial charge in [0.1, 0.15) is 5.82 Å². The Hall–Kier alpha value is -2.74. The Morgan fingerprint density at radius 2 is 1.54 bits per heavy atom. The first-order valence-corrected chi connectivity index (χ1v) is 10.8. The van der Waals surface area contributed by atoms with Gasteiger partial charge in [0.25, 0.3) is 11.8 Å². The van der Waals surface area contributed by atoms with Crippen molar-refractivity contribution < 1.29 is 22.4 Å². The van der Waals surface area contributed by atoms with E-state index in [2.05, 4.69) is 0 Å². The maximum absolute atomic E-state index is 13.9. The summed E-state index contributed by atoms with van der Waals surface area (Å²) in [7, 11) is -3.41. The first kappa shape index (κ1) is 20.0. The molecule has 0 radical (unpaired) electrons. The van der Waals surface area contributed by atoms with Gasteiger partial charge in [0, 0.05) is 38.0 Å². The number of carbonyl (C=O) groups excluding carboxylic acids is 2. The fraction of sp³-hybridized carbons (Fsp3) is 0.300. The zero-order chi connectivity index (χ0) is 20.3. The van der Waals surface area contributed by atoms with Gasteiger partial charge in [-0.1, -0.05) is 18.2 Å². The highest BCUT2D eigenvalue weighted by Gasteiger charge is 2.25. The lowest BCUT2D eigenvalue weighted by Crippen LogP contribution is -2.37. The van der Waals surface area contributed by atoms with Gasteiger partial charge in [0.2, 0.25) is 0 Å². The number of hydrogen-bond donors (Lipinski definition) is 0. The van der Waals surface area contributed by atoms with Gasteiger partial charge >= 0.3 is 0 Å². The molecule has 148 valence electrons. The number of benzene rings is 2. The van der Waals surface area contributed by atoms with Crippen LogP contribution in [0.4, 0.5) is 4.39 Å². The average Bonchev–Trinajstić information content (AvgIpc) is 2.93. The average molecular weight is 404 g/mol. The van der Waals surface area contributed by atoms with Crippen LogP contribution in [0.2, 0.25) is 0 Å². The van der Waals surface area contributed by atoms with Crippen LogP contribution in [0.1, 0.15) is 27.1 Å². The van der Waals surface area contributed by atoms with Crippen LogP contribution in [0.25, 0.3) is 0 Å². The predicted molar refractivity (Wildman–Crippen MR) is 102 cm³/mol. The molecule has 0 N–H and O–H groups in total. The molecule has 2 amide bonds. The minimum Gasteiger partial charge on any atom is -0.337 e. The fourth-order valence-corrected chi connectivity index (χ4v) is 3.84. The lowest BCUT2D eigenvalue weighted by Gasteiger charge is -2.22. The van der Waals surface area contributed by atoms with E-state index in [9.17, 15) is 22.4 Å². The molecular weight excluding hydrogens is 383 g/mol.